The van der Waals surface area contributed by atoms with E-state index < -0.39 is 9.84 Å². The Morgan fingerprint density at radius 1 is 1.00 bits per heavy atom. The highest BCUT2D eigenvalue weighted by Gasteiger charge is 2.19. The summed E-state index contributed by atoms with van der Waals surface area (Å²) in [6.45, 7) is 12.9. The first-order valence-corrected chi connectivity index (χ1v) is 9.44. The van der Waals surface area contributed by atoms with Crippen LogP contribution in [0.2, 0.25) is 0 Å². The quantitative estimate of drug-likeness (QED) is 0.709. The molecule has 1 aliphatic heterocycles. The fourth-order valence-electron chi connectivity index (χ4n) is 2.81. The molecule has 5 heteroatoms. The van der Waals surface area contributed by atoms with Gasteiger partial charge >= 0.3 is 0 Å². The highest BCUT2D eigenvalue weighted by Crippen LogP contribution is 2.13. The van der Waals surface area contributed by atoms with Gasteiger partial charge in [-0.2, -0.15) is 0 Å². The number of hydrogen-bond donors (Lipinski definition) is 0. The molecule has 1 fully saturated rings. The molecule has 0 aliphatic carbocycles. The summed E-state index contributed by atoms with van der Waals surface area (Å²) in [5, 5.41) is 0. The van der Waals surface area contributed by atoms with Gasteiger partial charge in [-0.25, -0.2) is 8.42 Å². The van der Waals surface area contributed by atoms with Gasteiger partial charge in [0.05, 0.1) is 5.75 Å². The van der Waals surface area contributed by atoms with E-state index in [4.69, 9.17) is 0 Å². The molecule has 1 aliphatic rings. The fourth-order valence-corrected chi connectivity index (χ4v) is 3.40. The summed E-state index contributed by atoms with van der Waals surface area (Å²) in [6.07, 6.45) is 2.60. The molecule has 1 rings (SSSR count). The maximum Gasteiger partial charge on any atom is 0.148 e. The largest absolute Gasteiger partial charge is 0.301 e. The van der Waals surface area contributed by atoms with Crippen LogP contribution in [0.3, 0.4) is 0 Å². The molecule has 19 heavy (non-hydrogen) atoms. The number of sulfone groups is 1. The van der Waals surface area contributed by atoms with E-state index in [-0.39, 0.29) is 5.75 Å². The predicted octanol–water partition coefficient (Wildman–Crippen LogP) is 1.33. The Kier molecular flexibility index (Phi) is 6.77. The van der Waals surface area contributed by atoms with Crippen LogP contribution in [0, 0.1) is 11.8 Å². The standard InChI is InChI=1S/C14H30N2O2S/c1-13(2)11-14(3)12-16-7-5-15(6-8-16)9-10-19(4,17)18/h13-14H,5-12H2,1-4H3/t14-/m0/s1. The van der Waals surface area contributed by atoms with E-state index in [9.17, 15) is 8.42 Å². The van der Waals surface area contributed by atoms with Crippen molar-refractivity contribution in [3.63, 3.8) is 0 Å². The van der Waals surface area contributed by atoms with E-state index in [1.54, 1.807) is 0 Å². The zero-order valence-corrected chi connectivity index (χ0v) is 13.7. The molecule has 1 saturated heterocycles. The first-order valence-electron chi connectivity index (χ1n) is 7.38. The van der Waals surface area contributed by atoms with Crippen LogP contribution in [0.1, 0.15) is 27.2 Å². The number of nitrogens with zero attached hydrogens (tertiary/aromatic N) is 2. The van der Waals surface area contributed by atoms with E-state index in [1.807, 2.05) is 0 Å². The van der Waals surface area contributed by atoms with Crippen LogP contribution in [0.4, 0.5) is 0 Å². The first kappa shape index (κ1) is 16.9. The molecule has 0 unspecified atom stereocenters. The second-order valence-corrected chi connectivity index (χ2v) is 8.77. The maximum absolute atomic E-state index is 11.1. The summed E-state index contributed by atoms with van der Waals surface area (Å²) in [6, 6.07) is 0. The molecule has 4 nitrogen and oxygen atoms in total. The molecule has 0 aromatic rings. The molecule has 0 N–H and O–H groups in total. The molecular formula is C14H30N2O2S. The van der Waals surface area contributed by atoms with Gasteiger partial charge in [0.1, 0.15) is 9.84 Å². The number of rotatable bonds is 7. The SMILES string of the molecule is CC(C)C[C@H](C)CN1CCN(CCS(C)(=O)=O)CC1. The summed E-state index contributed by atoms with van der Waals surface area (Å²) < 4.78 is 22.3. The van der Waals surface area contributed by atoms with Crippen molar-refractivity contribution in [3.8, 4) is 0 Å². The smallest absolute Gasteiger partial charge is 0.148 e. The highest BCUT2D eigenvalue weighted by atomic mass is 32.2. The molecule has 0 aromatic carbocycles. The van der Waals surface area contributed by atoms with Crippen molar-refractivity contribution in [3.05, 3.63) is 0 Å². The lowest BCUT2D eigenvalue weighted by molar-refractivity contribution is 0.121. The summed E-state index contributed by atoms with van der Waals surface area (Å²) in [5.74, 6) is 1.81. The molecule has 1 atom stereocenters. The molecule has 0 spiro atoms. The number of hydrogen-bond acceptors (Lipinski definition) is 4. The van der Waals surface area contributed by atoms with Crippen LogP contribution < -0.4 is 0 Å². The summed E-state index contributed by atoms with van der Waals surface area (Å²) in [4.78, 5) is 4.79. The summed E-state index contributed by atoms with van der Waals surface area (Å²) in [5.41, 5.74) is 0. The van der Waals surface area contributed by atoms with Crippen molar-refractivity contribution in [2.24, 2.45) is 11.8 Å². The van der Waals surface area contributed by atoms with Gasteiger partial charge in [-0.1, -0.05) is 20.8 Å². The van der Waals surface area contributed by atoms with Gasteiger partial charge in [0.2, 0.25) is 0 Å². The van der Waals surface area contributed by atoms with E-state index in [2.05, 4.69) is 30.6 Å². The molecule has 1 heterocycles. The third-order valence-corrected chi connectivity index (χ3v) is 4.61. The monoisotopic (exact) mass is 290 g/mol. The Morgan fingerprint density at radius 2 is 1.53 bits per heavy atom. The van der Waals surface area contributed by atoms with Crippen molar-refractivity contribution in [2.45, 2.75) is 27.2 Å². The topological polar surface area (TPSA) is 40.6 Å². The summed E-state index contributed by atoms with van der Waals surface area (Å²) >= 11 is 0. The molecule has 0 bridgehead atoms. The minimum absolute atomic E-state index is 0.288. The fraction of sp³-hybridized carbons (Fsp3) is 1.00. The Morgan fingerprint density at radius 3 is 2.00 bits per heavy atom. The average Bonchev–Trinajstić information content (AvgIpc) is 2.26. The maximum atomic E-state index is 11.1. The lowest BCUT2D eigenvalue weighted by Gasteiger charge is -2.36. The van der Waals surface area contributed by atoms with Gasteiger partial charge in [0.15, 0.2) is 0 Å². The summed E-state index contributed by atoms with van der Waals surface area (Å²) in [7, 11) is -2.82. The average molecular weight is 290 g/mol. The van der Waals surface area contributed by atoms with Crippen molar-refractivity contribution in [1.82, 2.24) is 9.80 Å². The van der Waals surface area contributed by atoms with Gasteiger partial charge in [-0.15, -0.1) is 0 Å². The van der Waals surface area contributed by atoms with Crippen molar-refractivity contribution in [2.75, 3.05) is 51.3 Å². The third-order valence-electron chi connectivity index (χ3n) is 3.69. The predicted molar refractivity (Wildman–Crippen MR) is 81.2 cm³/mol. The first-order chi connectivity index (χ1) is 8.76. The second kappa shape index (κ2) is 7.60. The van der Waals surface area contributed by atoms with Crippen molar-refractivity contribution in [1.29, 1.82) is 0 Å². The van der Waals surface area contributed by atoms with E-state index in [1.165, 1.54) is 19.2 Å². The molecule has 114 valence electrons. The Labute approximate surface area is 119 Å². The molecule has 0 aromatic heterocycles. The normalized spacial score (nSPS) is 20.9. The van der Waals surface area contributed by atoms with E-state index >= 15 is 0 Å². The third kappa shape index (κ3) is 7.90. The van der Waals surface area contributed by atoms with Gasteiger partial charge in [0, 0.05) is 45.5 Å². The van der Waals surface area contributed by atoms with Crippen LogP contribution >= 0.6 is 0 Å². The highest BCUT2D eigenvalue weighted by molar-refractivity contribution is 7.90. The molecular weight excluding hydrogens is 260 g/mol. The second-order valence-electron chi connectivity index (χ2n) is 6.51. The Hall–Kier alpha value is -0.130. The van der Waals surface area contributed by atoms with Crippen molar-refractivity contribution < 1.29 is 8.42 Å². The van der Waals surface area contributed by atoms with Crippen LogP contribution in [0.5, 0.6) is 0 Å². The van der Waals surface area contributed by atoms with E-state index in [0.29, 0.717) is 6.54 Å². The molecule has 0 radical (unpaired) electrons. The molecule has 0 saturated carbocycles. The van der Waals surface area contributed by atoms with Gasteiger partial charge in [-0.05, 0) is 18.3 Å². The zero-order valence-electron chi connectivity index (χ0n) is 12.9. The Bertz CT molecular complexity index is 346. The lowest BCUT2D eigenvalue weighted by atomic mass is 9.98. The van der Waals surface area contributed by atoms with Crippen LogP contribution in [-0.2, 0) is 9.84 Å². The van der Waals surface area contributed by atoms with Crippen LogP contribution in [-0.4, -0.2) is 69.5 Å². The van der Waals surface area contributed by atoms with Crippen molar-refractivity contribution >= 4 is 9.84 Å². The minimum atomic E-state index is -2.82. The van der Waals surface area contributed by atoms with E-state index in [0.717, 1.165) is 38.0 Å². The minimum Gasteiger partial charge on any atom is -0.301 e. The Balaban J connectivity index is 2.21. The van der Waals surface area contributed by atoms with Crippen LogP contribution in [0.15, 0.2) is 0 Å². The van der Waals surface area contributed by atoms with Gasteiger partial charge in [-0.3, -0.25) is 4.90 Å². The lowest BCUT2D eigenvalue weighted by Crippen LogP contribution is -2.48. The van der Waals surface area contributed by atoms with Crippen LogP contribution in [0.25, 0.3) is 0 Å². The zero-order chi connectivity index (χ0) is 14.5. The number of piperazine rings is 1. The molecule has 0 amide bonds. The van der Waals surface area contributed by atoms with Gasteiger partial charge in [0.25, 0.3) is 0 Å². The van der Waals surface area contributed by atoms with Gasteiger partial charge < -0.3 is 4.90 Å².